The summed E-state index contributed by atoms with van der Waals surface area (Å²) in [6.07, 6.45) is 2.31. The number of piperidine rings is 1. The number of nitrogens with two attached hydrogens (primary N) is 1. The van der Waals surface area contributed by atoms with Gasteiger partial charge < -0.3 is 10.5 Å². The highest BCUT2D eigenvalue weighted by atomic mass is 35.5. The van der Waals surface area contributed by atoms with Gasteiger partial charge in [0.05, 0.1) is 17.0 Å². The van der Waals surface area contributed by atoms with Crippen LogP contribution in [0.2, 0.25) is 5.02 Å². The molecule has 1 aromatic rings. The SMILES string of the molecule is COc1ccc(S(=O)(=O)N2CCCCC2CC(N)=O)cc1Cl. The van der Waals surface area contributed by atoms with Crippen molar-refractivity contribution in [2.24, 2.45) is 5.73 Å². The van der Waals surface area contributed by atoms with Gasteiger partial charge in [-0.15, -0.1) is 0 Å². The number of methoxy groups -OCH3 is 1. The molecular formula is C14H19ClN2O4S. The Morgan fingerprint density at radius 1 is 1.45 bits per heavy atom. The number of sulfonamides is 1. The minimum absolute atomic E-state index is 0.0309. The van der Waals surface area contributed by atoms with Crippen LogP contribution in [0.5, 0.6) is 5.75 Å². The summed E-state index contributed by atoms with van der Waals surface area (Å²) < 4.78 is 32.0. The van der Waals surface area contributed by atoms with Crippen molar-refractivity contribution >= 4 is 27.5 Å². The minimum Gasteiger partial charge on any atom is -0.495 e. The van der Waals surface area contributed by atoms with Crippen molar-refractivity contribution in [3.05, 3.63) is 23.2 Å². The number of amides is 1. The first kappa shape index (κ1) is 17.1. The van der Waals surface area contributed by atoms with E-state index < -0.39 is 22.0 Å². The number of nitrogens with zero attached hydrogens (tertiary/aromatic N) is 1. The standard InChI is InChI=1S/C14H19ClN2O4S/c1-21-13-6-5-11(9-12(13)15)22(19,20)17-7-3-2-4-10(17)8-14(16)18/h5-6,9-10H,2-4,7-8H2,1H3,(H2,16,18). The molecule has 8 heteroatoms. The van der Waals surface area contributed by atoms with E-state index in [4.69, 9.17) is 22.1 Å². The van der Waals surface area contributed by atoms with Crippen LogP contribution in [0.4, 0.5) is 0 Å². The van der Waals surface area contributed by atoms with E-state index in [0.29, 0.717) is 18.7 Å². The lowest BCUT2D eigenvalue weighted by atomic mass is 10.0. The molecule has 1 aromatic carbocycles. The van der Waals surface area contributed by atoms with Gasteiger partial charge in [0, 0.05) is 19.0 Å². The van der Waals surface area contributed by atoms with Crippen LogP contribution in [0.3, 0.4) is 0 Å². The fraction of sp³-hybridized carbons (Fsp3) is 0.500. The van der Waals surface area contributed by atoms with Gasteiger partial charge in [-0.05, 0) is 31.0 Å². The summed E-state index contributed by atoms with van der Waals surface area (Å²) in [6, 6.07) is 3.95. The first-order valence-corrected chi connectivity index (χ1v) is 8.81. The molecule has 1 aliphatic rings. The second-order valence-corrected chi connectivity index (χ2v) is 7.53. The van der Waals surface area contributed by atoms with Crippen LogP contribution in [-0.4, -0.2) is 38.3 Å². The molecule has 0 aliphatic carbocycles. The quantitative estimate of drug-likeness (QED) is 0.879. The highest BCUT2D eigenvalue weighted by Gasteiger charge is 2.34. The number of primary amides is 1. The number of hydrogen-bond donors (Lipinski definition) is 1. The lowest BCUT2D eigenvalue weighted by molar-refractivity contribution is -0.119. The van der Waals surface area contributed by atoms with Gasteiger partial charge in [-0.2, -0.15) is 4.31 Å². The van der Waals surface area contributed by atoms with Gasteiger partial charge in [0.25, 0.3) is 0 Å². The normalized spacial score (nSPS) is 19.8. The van der Waals surface area contributed by atoms with E-state index >= 15 is 0 Å². The second-order valence-electron chi connectivity index (χ2n) is 5.23. The van der Waals surface area contributed by atoms with E-state index in [1.807, 2.05) is 0 Å². The molecule has 0 aromatic heterocycles. The third-order valence-corrected chi connectivity index (χ3v) is 5.98. The van der Waals surface area contributed by atoms with Gasteiger partial charge in [-0.25, -0.2) is 8.42 Å². The van der Waals surface area contributed by atoms with Gasteiger partial charge in [0.2, 0.25) is 15.9 Å². The Morgan fingerprint density at radius 2 is 2.18 bits per heavy atom. The molecule has 1 saturated heterocycles. The summed E-state index contributed by atoms with van der Waals surface area (Å²) in [4.78, 5) is 11.3. The van der Waals surface area contributed by atoms with Crippen LogP contribution >= 0.6 is 11.6 Å². The number of carbonyl (C=O) groups is 1. The molecule has 0 saturated carbocycles. The fourth-order valence-corrected chi connectivity index (χ4v) is 4.71. The van der Waals surface area contributed by atoms with E-state index in [-0.39, 0.29) is 16.3 Å². The van der Waals surface area contributed by atoms with Gasteiger partial charge in [-0.1, -0.05) is 18.0 Å². The number of ether oxygens (including phenoxy) is 1. The molecule has 0 spiro atoms. The Bertz CT molecular complexity index is 663. The van der Waals surface area contributed by atoms with Gasteiger partial charge in [-0.3, -0.25) is 4.79 Å². The van der Waals surface area contributed by atoms with Crippen molar-refractivity contribution < 1.29 is 17.9 Å². The number of rotatable bonds is 5. The number of hydrogen-bond acceptors (Lipinski definition) is 4. The van der Waals surface area contributed by atoms with Crippen molar-refractivity contribution in [3.8, 4) is 5.75 Å². The van der Waals surface area contributed by atoms with Gasteiger partial charge >= 0.3 is 0 Å². The van der Waals surface area contributed by atoms with E-state index in [2.05, 4.69) is 0 Å². The zero-order valence-corrected chi connectivity index (χ0v) is 13.9. The molecule has 0 bridgehead atoms. The fourth-order valence-electron chi connectivity index (χ4n) is 2.67. The first-order chi connectivity index (χ1) is 10.4. The van der Waals surface area contributed by atoms with Crippen LogP contribution in [0.25, 0.3) is 0 Å². The third kappa shape index (κ3) is 3.53. The largest absolute Gasteiger partial charge is 0.495 e. The van der Waals surface area contributed by atoms with E-state index in [1.165, 1.54) is 29.6 Å². The molecule has 1 heterocycles. The molecule has 1 fully saturated rings. The van der Waals surface area contributed by atoms with E-state index in [9.17, 15) is 13.2 Å². The average Bonchev–Trinajstić information content (AvgIpc) is 2.47. The van der Waals surface area contributed by atoms with Gasteiger partial charge in [0.1, 0.15) is 5.75 Å². The maximum absolute atomic E-state index is 12.8. The van der Waals surface area contributed by atoms with Crippen molar-refractivity contribution in [1.29, 1.82) is 0 Å². The molecule has 1 unspecified atom stereocenters. The summed E-state index contributed by atoms with van der Waals surface area (Å²) in [5.41, 5.74) is 5.23. The predicted octanol–water partition coefficient (Wildman–Crippen LogP) is 1.77. The van der Waals surface area contributed by atoms with Crippen LogP contribution in [0.15, 0.2) is 23.1 Å². The molecule has 0 radical (unpaired) electrons. The number of halogens is 1. The summed E-state index contributed by atoms with van der Waals surface area (Å²) >= 11 is 6.01. The van der Waals surface area contributed by atoms with Crippen molar-refractivity contribution in [2.75, 3.05) is 13.7 Å². The smallest absolute Gasteiger partial charge is 0.243 e. The Hall–Kier alpha value is -1.31. The van der Waals surface area contributed by atoms with Crippen molar-refractivity contribution in [2.45, 2.75) is 36.6 Å². The summed E-state index contributed by atoms with van der Waals surface area (Å²) in [7, 11) is -2.26. The highest BCUT2D eigenvalue weighted by Crippen LogP contribution is 2.31. The molecular weight excluding hydrogens is 328 g/mol. The second kappa shape index (κ2) is 6.85. The van der Waals surface area contributed by atoms with E-state index in [0.717, 1.165) is 12.8 Å². The zero-order chi connectivity index (χ0) is 16.3. The average molecular weight is 347 g/mol. The Kier molecular flexibility index (Phi) is 5.31. The molecule has 1 amide bonds. The Balaban J connectivity index is 2.34. The van der Waals surface area contributed by atoms with Crippen LogP contribution < -0.4 is 10.5 Å². The summed E-state index contributed by atoms with van der Waals surface area (Å²) in [6.45, 7) is 0.379. The lowest BCUT2D eigenvalue weighted by Gasteiger charge is -2.34. The highest BCUT2D eigenvalue weighted by molar-refractivity contribution is 7.89. The molecule has 2 N–H and O–H groups in total. The number of carbonyl (C=O) groups excluding carboxylic acids is 1. The summed E-state index contributed by atoms with van der Waals surface area (Å²) in [5.74, 6) is -0.0900. The maximum Gasteiger partial charge on any atom is 0.243 e. The molecule has 1 aliphatic heterocycles. The molecule has 122 valence electrons. The predicted molar refractivity (Wildman–Crippen MR) is 83.3 cm³/mol. The molecule has 6 nitrogen and oxygen atoms in total. The number of benzene rings is 1. The minimum atomic E-state index is -3.72. The third-order valence-electron chi connectivity index (χ3n) is 3.74. The molecule has 1 atom stereocenters. The topological polar surface area (TPSA) is 89.7 Å². The van der Waals surface area contributed by atoms with Gasteiger partial charge in [0.15, 0.2) is 0 Å². The zero-order valence-electron chi connectivity index (χ0n) is 12.3. The van der Waals surface area contributed by atoms with Crippen molar-refractivity contribution in [1.82, 2.24) is 4.31 Å². The molecule has 22 heavy (non-hydrogen) atoms. The Labute approximate surface area is 135 Å². The summed E-state index contributed by atoms with van der Waals surface area (Å²) in [5, 5.41) is 0.229. The lowest BCUT2D eigenvalue weighted by Crippen LogP contribution is -2.45. The monoisotopic (exact) mass is 346 g/mol. The van der Waals surface area contributed by atoms with Crippen molar-refractivity contribution in [3.63, 3.8) is 0 Å². The Morgan fingerprint density at radius 3 is 2.77 bits per heavy atom. The molecule has 2 rings (SSSR count). The van der Waals surface area contributed by atoms with Crippen LogP contribution in [0.1, 0.15) is 25.7 Å². The van der Waals surface area contributed by atoms with Crippen LogP contribution in [-0.2, 0) is 14.8 Å². The van der Waals surface area contributed by atoms with Crippen LogP contribution in [0, 0.1) is 0 Å². The maximum atomic E-state index is 12.8. The first-order valence-electron chi connectivity index (χ1n) is 7.00. The van der Waals surface area contributed by atoms with E-state index in [1.54, 1.807) is 0 Å².